The minimum atomic E-state index is -0.162. The van der Waals surface area contributed by atoms with Crippen LogP contribution in [0, 0.1) is 0 Å². The van der Waals surface area contributed by atoms with Gasteiger partial charge in [0, 0.05) is 31.4 Å². The maximum Gasteiger partial charge on any atom is 0.269 e. The Morgan fingerprint density at radius 1 is 1.35 bits per heavy atom. The number of nitrogens with one attached hydrogen (secondary N) is 3. The van der Waals surface area contributed by atoms with Crippen molar-refractivity contribution in [2.45, 2.75) is 19.8 Å². The maximum absolute atomic E-state index is 12.0. The zero-order valence-corrected chi connectivity index (χ0v) is 11.5. The Balaban J connectivity index is 1.85. The Morgan fingerprint density at radius 2 is 2.25 bits per heavy atom. The van der Waals surface area contributed by atoms with Gasteiger partial charge in [-0.25, -0.2) is 9.97 Å². The summed E-state index contributed by atoms with van der Waals surface area (Å²) in [6.07, 6.45) is 5.11. The van der Waals surface area contributed by atoms with Gasteiger partial charge in [0.25, 0.3) is 5.91 Å². The predicted molar refractivity (Wildman–Crippen MR) is 77.6 cm³/mol. The average Bonchev–Trinajstić information content (AvgIpc) is 2.98. The third-order valence-electron chi connectivity index (χ3n) is 2.77. The van der Waals surface area contributed by atoms with Crippen molar-refractivity contribution in [3.8, 4) is 0 Å². The fourth-order valence-corrected chi connectivity index (χ4v) is 1.74. The van der Waals surface area contributed by atoms with Crippen LogP contribution in [0.4, 0.5) is 5.82 Å². The molecule has 6 heteroatoms. The number of carbonyl (C=O) groups excluding carboxylic acids is 1. The van der Waals surface area contributed by atoms with Gasteiger partial charge in [0.15, 0.2) is 0 Å². The van der Waals surface area contributed by atoms with E-state index in [9.17, 15) is 4.79 Å². The average molecular weight is 273 g/mol. The number of hydrogen-bond donors (Lipinski definition) is 3. The van der Waals surface area contributed by atoms with Gasteiger partial charge in [-0.3, -0.25) is 4.79 Å². The van der Waals surface area contributed by atoms with Crippen LogP contribution in [0.1, 0.15) is 29.5 Å². The second-order valence-corrected chi connectivity index (χ2v) is 4.42. The van der Waals surface area contributed by atoms with Crippen molar-refractivity contribution in [1.29, 1.82) is 0 Å². The van der Waals surface area contributed by atoms with Crippen molar-refractivity contribution in [2.24, 2.45) is 0 Å². The molecule has 0 spiro atoms. The number of imidazole rings is 1. The Morgan fingerprint density at radius 3 is 3.00 bits per heavy atom. The van der Waals surface area contributed by atoms with Crippen LogP contribution in [0.25, 0.3) is 0 Å². The van der Waals surface area contributed by atoms with E-state index in [0.29, 0.717) is 12.2 Å². The monoisotopic (exact) mass is 273 g/mol. The highest BCUT2D eigenvalue weighted by molar-refractivity contribution is 5.92. The molecule has 0 aliphatic rings. The largest absolute Gasteiger partial charge is 0.370 e. The van der Waals surface area contributed by atoms with Crippen molar-refractivity contribution in [3.05, 3.63) is 42.1 Å². The summed E-state index contributed by atoms with van der Waals surface area (Å²) >= 11 is 0. The van der Waals surface area contributed by atoms with E-state index in [-0.39, 0.29) is 5.91 Å². The number of anilines is 1. The molecule has 0 bridgehead atoms. The van der Waals surface area contributed by atoms with Crippen LogP contribution in [0.5, 0.6) is 0 Å². The number of aromatic amines is 1. The Labute approximate surface area is 118 Å². The quantitative estimate of drug-likeness (QED) is 0.715. The highest BCUT2D eigenvalue weighted by Crippen LogP contribution is 2.05. The summed E-state index contributed by atoms with van der Waals surface area (Å²) in [4.78, 5) is 23.2. The van der Waals surface area contributed by atoms with Gasteiger partial charge >= 0.3 is 0 Å². The molecule has 3 N–H and O–H groups in total. The van der Waals surface area contributed by atoms with Gasteiger partial charge in [-0.15, -0.1) is 0 Å². The van der Waals surface area contributed by atoms with Crippen LogP contribution in [-0.2, 0) is 6.42 Å². The van der Waals surface area contributed by atoms with Gasteiger partial charge in [-0.2, -0.15) is 0 Å². The van der Waals surface area contributed by atoms with Crippen LogP contribution in [0.15, 0.2) is 30.7 Å². The molecule has 0 atom stereocenters. The standard InChI is InChI=1S/C14H19N5O/c1-2-7-16-13-5-3-4-12(19-13)14(20)17-8-6-11-9-15-10-18-11/h3-5,9-10H,2,6-8H2,1H3,(H,15,18)(H,16,19)(H,17,20). The van der Waals surface area contributed by atoms with Crippen molar-refractivity contribution >= 4 is 11.7 Å². The lowest BCUT2D eigenvalue weighted by molar-refractivity contribution is 0.0949. The van der Waals surface area contributed by atoms with Crippen LogP contribution in [0.2, 0.25) is 0 Å². The number of pyridine rings is 1. The molecule has 0 radical (unpaired) electrons. The van der Waals surface area contributed by atoms with Crippen molar-refractivity contribution in [1.82, 2.24) is 20.3 Å². The molecule has 2 heterocycles. The lowest BCUT2D eigenvalue weighted by Gasteiger charge is -2.07. The molecule has 0 fully saturated rings. The first-order valence-corrected chi connectivity index (χ1v) is 6.76. The molecule has 20 heavy (non-hydrogen) atoms. The number of amides is 1. The van der Waals surface area contributed by atoms with Gasteiger partial charge in [0.05, 0.1) is 6.33 Å². The minimum absolute atomic E-state index is 0.162. The van der Waals surface area contributed by atoms with E-state index in [1.54, 1.807) is 18.6 Å². The normalized spacial score (nSPS) is 10.2. The van der Waals surface area contributed by atoms with Gasteiger partial charge in [0.2, 0.25) is 0 Å². The van der Waals surface area contributed by atoms with E-state index in [1.807, 2.05) is 12.1 Å². The molecule has 1 amide bonds. The highest BCUT2D eigenvalue weighted by atomic mass is 16.1. The van der Waals surface area contributed by atoms with Gasteiger partial charge in [-0.1, -0.05) is 13.0 Å². The maximum atomic E-state index is 12.0. The zero-order chi connectivity index (χ0) is 14.2. The van der Waals surface area contributed by atoms with Crippen molar-refractivity contribution in [2.75, 3.05) is 18.4 Å². The molecule has 6 nitrogen and oxygen atoms in total. The molecule has 0 aliphatic carbocycles. The molecule has 0 unspecified atom stereocenters. The Bertz CT molecular complexity index is 538. The number of H-pyrrole nitrogens is 1. The highest BCUT2D eigenvalue weighted by Gasteiger charge is 2.07. The van der Waals surface area contributed by atoms with Crippen molar-refractivity contribution in [3.63, 3.8) is 0 Å². The van der Waals surface area contributed by atoms with E-state index < -0.39 is 0 Å². The minimum Gasteiger partial charge on any atom is -0.370 e. The number of carbonyl (C=O) groups is 1. The van der Waals surface area contributed by atoms with E-state index in [4.69, 9.17) is 0 Å². The van der Waals surface area contributed by atoms with E-state index in [2.05, 4.69) is 32.5 Å². The van der Waals surface area contributed by atoms with Crippen molar-refractivity contribution < 1.29 is 4.79 Å². The fraction of sp³-hybridized carbons (Fsp3) is 0.357. The number of nitrogens with zero attached hydrogens (tertiary/aromatic N) is 2. The molecule has 106 valence electrons. The third kappa shape index (κ3) is 4.08. The molecule has 2 aromatic heterocycles. The molecule has 2 rings (SSSR count). The molecule has 0 aliphatic heterocycles. The first-order chi connectivity index (χ1) is 9.79. The van der Waals surface area contributed by atoms with Gasteiger partial charge < -0.3 is 15.6 Å². The molecule has 0 aromatic carbocycles. The third-order valence-corrected chi connectivity index (χ3v) is 2.77. The van der Waals surface area contributed by atoms with Crippen LogP contribution >= 0.6 is 0 Å². The lowest BCUT2D eigenvalue weighted by Crippen LogP contribution is -2.26. The topological polar surface area (TPSA) is 82.7 Å². The summed E-state index contributed by atoms with van der Waals surface area (Å²) in [5.41, 5.74) is 1.42. The summed E-state index contributed by atoms with van der Waals surface area (Å²) in [7, 11) is 0. The number of rotatable bonds is 7. The van der Waals surface area contributed by atoms with Crippen LogP contribution < -0.4 is 10.6 Å². The fourth-order valence-electron chi connectivity index (χ4n) is 1.74. The predicted octanol–water partition coefficient (Wildman–Crippen LogP) is 1.60. The number of aromatic nitrogens is 3. The summed E-state index contributed by atoms with van der Waals surface area (Å²) < 4.78 is 0. The molecule has 2 aromatic rings. The van der Waals surface area contributed by atoms with E-state index in [0.717, 1.165) is 30.9 Å². The Kier molecular flexibility index (Phi) is 5.11. The molecule has 0 saturated heterocycles. The SMILES string of the molecule is CCCNc1cccc(C(=O)NCCc2cnc[nH]2)n1. The summed E-state index contributed by atoms with van der Waals surface area (Å²) in [6, 6.07) is 5.40. The molecule has 0 saturated carbocycles. The zero-order valence-electron chi connectivity index (χ0n) is 11.5. The summed E-state index contributed by atoms with van der Waals surface area (Å²) in [5, 5.41) is 6.01. The summed E-state index contributed by atoms with van der Waals surface area (Å²) in [5.74, 6) is 0.567. The number of hydrogen-bond acceptors (Lipinski definition) is 4. The van der Waals surface area contributed by atoms with Crippen LogP contribution in [0.3, 0.4) is 0 Å². The van der Waals surface area contributed by atoms with E-state index in [1.165, 1.54) is 0 Å². The molecular weight excluding hydrogens is 254 g/mol. The lowest BCUT2D eigenvalue weighted by atomic mass is 10.3. The second kappa shape index (κ2) is 7.28. The smallest absolute Gasteiger partial charge is 0.269 e. The van der Waals surface area contributed by atoms with Gasteiger partial charge in [-0.05, 0) is 18.6 Å². The van der Waals surface area contributed by atoms with Crippen LogP contribution in [-0.4, -0.2) is 33.9 Å². The first kappa shape index (κ1) is 14.0. The Hall–Kier alpha value is -2.37. The summed E-state index contributed by atoms with van der Waals surface area (Å²) in [6.45, 7) is 3.48. The first-order valence-electron chi connectivity index (χ1n) is 6.76. The van der Waals surface area contributed by atoms with Gasteiger partial charge in [0.1, 0.15) is 11.5 Å². The van der Waals surface area contributed by atoms with E-state index >= 15 is 0 Å². The molecular formula is C14H19N5O. The second-order valence-electron chi connectivity index (χ2n) is 4.42.